The van der Waals surface area contributed by atoms with Crippen molar-refractivity contribution in [3.05, 3.63) is 29.3 Å². The van der Waals surface area contributed by atoms with Gasteiger partial charge in [0.15, 0.2) is 0 Å². The van der Waals surface area contributed by atoms with E-state index in [9.17, 15) is 0 Å². The van der Waals surface area contributed by atoms with Crippen LogP contribution in [0.5, 0.6) is 5.75 Å². The van der Waals surface area contributed by atoms with Crippen LogP contribution in [0.2, 0.25) is 0 Å². The predicted molar refractivity (Wildman–Crippen MR) is 76.5 cm³/mol. The molecule has 1 saturated heterocycles. The molecule has 0 radical (unpaired) electrons. The summed E-state index contributed by atoms with van der Waals surface area (Å²) in [6.45, 7) is 1.19. The van der Waals surface area contributed by atoms with Gasteiger partial charge in [-0.25, -0.2) is 0 Å². The van der Waals surface area contributed by atoms with E-state index >= 15 is 0 Å². The lowest BCUT2D eigenvalue weighted by Crippen LogP contribution is -2.53. The Balaban J connectivity index is 1.91. The summed E-state index contributed by atoms with van der Waals surface area (Å²) in [5, 5.41) is 3.92. The summed E-state index contributed by atoms with van der Waals surface area (Å²) in [4.78, 5) is 0. The molecule has 2 aliphatic carbocycles. The molecule has 0 bridgehead atoms. The molecule has 19 heavy (non-hydrogen) atoms. The van der Waals surface area contributed by atoms with Crippen LogP contribution >= 0.6 is 0 Å². The summed E-state index contributed by atoms with van der Waals surface area (Å²) in [6, 6.07) is 6.73. The minimum atomic E-state index is 0.257. The van der Waals surface area contributed by atoms with Gasteiger partial charge in [-0.3, -0.25) is 0 Å². The van der Waals surface area contributed by atoms with Crippen LogP contribution < -0.4 is 10.1 Å². The van der Waals surface area contributed by atoms with Crippen molar-refractivity contribution in [3.63, 3.8) is 0 Å². The summed E-state index contributed by atoms with van der Waals surface area (Å²) in [5.41, 5.74) is 3.89. The number of rotatable bonds is 1. The first-order valence-corrected chi connectivity index (χ1v) is 7.72. The van der Waals surface area contributed by atoms with E-state index in [0.717, 1.165) is 5.75 Å². The van der Waals surface area contributed by atoms with Crippen molar-refractivity contribution in [2.75, 3.05) is 13.7 Å². The molecule has 4 rings (SSSR count). The Morgan fingerprint density at radius 1 is 1.11 bits per heavy atom. The number of ether oxygens (including phenoxy) is 1. The van der Waals surface area contributed by atoms with Gasteiger partial charge in [0.05, 0.1) is 7.11 Å². The Morgan fingerprint density at radius 2 is 2.00 bits per heavy atom. The zero-order valence-corrected chi connectivity index (χ0v) is 11.8. The molecule has 1 saturated carbocycles. The highest BCUT2D eigenvalue weighted by molar-refractivity contribution is 5.45. The van der Waals surface area contributed by atoms with Crippen LogP contribution in [-0.2, 0) is 12.0 Å². The first kappa shape index (κ1) is 11.8. The summed E-state index contributed by atoms with van der Waals surface area (Å²) in [7, 11) is 1.78. The molecule has 2 fully saturated rings. The molecule has 1 aromatic rings. The van der Waals surface area contributed by atoms with Gasteiger partial charge in [-0.15, -0.1) is 0 Å². The van der Waals surface area contributed by atoms with Crippen molar-refractivity contribution < 1.29 is 4.74 Å². The molecule has 1 heterocycles. The van der Waals surface area contributed by atoms with Crippen molar-refractivity contribution in [2.24, 2.45) is 5.41 Å². The molecular formula is C17H23NO. The quantitative estimate of drug-likeness (QED) is 0.832. The van der Waals surface area contributed by atoms with Crippen molar-refractivity contribution >= 4 is 0 Å². The molecule has 3 aliphatic rings. The lowest BCUT2D eigenvalue weighted by Gasteiger charge is -2.53. The minimum absolute atomic E-state index is 0.257. The van der Waals surface area contributed by atoms with E-state index in [-0.39, 0.29) is 5.54 Å². The predicted octanol–water partition coefficient (Wildman–Crippen LogP) is 3.39. The second kappa shape index (κ2) is 3.99. The molecule has 102 valence electrons. The minimum Gasteiger partial charge on any atom is -0.497 e. The topological polar surface area (TPSA) is 21.3 Å². The molecule has 1 aromatic carbocycles. The second-order valence-corrected chi connectivity index (χ2v) is 6.59. The summed E-state index contributed by atoms with van der Waals surface area (Å²) < 4.78 is 5.48. The van der Waals surface area contributed by atoms with Gasteiger partial charge in [0, 0.05) is 5.54 Å². The lowest BCUT2D eigenvalue weighted by atomic mass is 9.54. The average Bonchev–Trinajstić information content (AvgIpc) is 2.87. The zero-order chi connectivity index (χ0) is 12.9. The molecule has 0 aromatic heterocycles. The first-order valence-electron chi connectivity index (χ1n) is 7.72. The molecule has 0 spiro atoms. The van der Waals surface area contributed by atoms with Gasteiger partial charge in [-0.2, -0.15) is 0 Å². The van der Waals surface area contributed by atoms with Gasteiger partial charge in [0.25, 0.3) is 0 Å². The highest BCUT2D eigenvalue weighted by Crippen LogP contribution is 2.61. The molecule has 2 atom stereocenters. The van der Waals surface area contributed by atoms with E-state index < -0.39 is 0 Å². The third-order valence-electron chi connectivity index (χ3n) is 6.04. The van der Waals surface area contributed by atoms with Crippen molar-refractivity contribution in [1.82, 2.24) is 5.32 Å². The fourth-order valence-electron chi connectivity index (χ4n) is 5.11. The number of nitrogens with one attached hydrogen (secondary N) is 1. The summed E-state index contributed by atoms with van der Waals surface area (Å²) in [5.74, 6) is 1.02. The monoisotopic (exact) mass is 257 g/mol. The average molecular weight is 257 g/mol. The maximum absolute atomic E-state index is 5.48. The van der Waals surface area contributed by atoms with E-state index in [4.69, 9.17) is 4.74 Å². The first-order chi connectivity index (χ1) is 9.30. The maximum atomic E-state index is 5.48. The van der Waals surface area contributed by atoms with Crippen LogP contribution in [0.1, 0.15) is 49.7 Å². The van der Waals surface area contributed by atoms with E-state index in [1.54, 1.807) is 18.2 Å². The Kier molecular flexibility index (Phi) is 2.47. The van der Waals surface area contributed by atoms with Crippen molar-refractivity contribution in [3.8, 4) is 5.75 Å². The van der Waals surface area contributed by atoms with Gasteiger partial charge < -0.3 is 10.1 Å². The molecule has 2 heteroatoms. The molecule has 1 N–H and O–H groups in total. The van der Waals surface area contributed by atoms with E-state index in [0.29, 0.717) is 5.41 Å². The zero-order valence-electron chi connectivity index (χ0n) is 11.8. The van der Waals surface area contributed by atoms with E-state index in [2.05, 4.69) is 23.5 Å². The Bertz CT molecular complexity index is 512. The third kappa shape index (κ3) is 1.41. The SMILES string of the molecule is COc1ccc2c(c1)C13CCCCC1(CCN3)CC2. The largest absolute Gasteiger partial charge is 0.497 e. The molecule has 0 amide bonds. The van der Waals surface area contributed by atoms with E-state index in [1.165, 1.54) is 51.5 Å². The number of methoxy groups -OCH3 is 1. The van der Waals surface area contributed by atoms with Crippen molar-refractivity contribution in [2.45, 2.75) is 50.5 Å². The smallest absolute Gasteiger partial charge is 0.119 e. The van der Waals surface area contributed by atoms with Crippen LogP contribution in [0.3, 0.4) is 0 Å². The standard InChI is InChI=1S/C17H23NO/c1-19-14-5-4-13-6-9-16-7-2-3-8-17(16,15(13)12-14)18-11-10-16/h4-5,12,18H,2-3,6-11H2,1H3. The van der Waals surface area contributed by atoms with Crippen LogP contribution in [0, 0.1) is 5.41 Å². The Labute approximate surface area is 115 Å². The lowest BCUT2D eigenvalue weighted by molar-refractivity contribution is 0.0521. The van der Waals surface area contributed by atoms with Crippen LogP contribution in [-0.4, -0.2) is 13.7 Å². The Morgan fingerprint density at radius 3 is 2.89 bits per heavy atom. The fourth-order valence-corrected chi connectivity index (χ4v) is 5.11. The normalized spacial score (nSPS) is 36.3. The highest BCUT2D eigenvalue weighted by atomic mass is 16.5. The van der Waals surface area contributed by atoms with Gasteiger partial charge in [0.1, 0.15) is 5.75 Å². The van der Waals surface area contributed by atoms with Gasteiger partial charge >= 0.3 is 0 Å². The summed E-state index contributed by atoms with van der Waals surface area (Å²) >= 11 is 0. The Hall–Kier alpha value is -1.02. The van der Waals surface area contributed by atoms with Gasteiger partial charge in [-0.05, 0) is 67.3 Å². The van der Waals surface area contributed by atoms with Crippen molar-refractivity contribution in [1.29, 1.82) is 0 Å². The number of benzene rings is 1. The van der Waals surface area contributed by atoms with Crippen LogP contribution in [0.15, 0.2) is 18.2 Å². The number of hydrogen-bond donors (Lipinski definition) is 1. The number of aryl methyl sites for hydroxylation is 1. The van der Waals surface area contributed by atoms with E-state index in [1.807, 2.05) is 0 Å². The number of fused-ring (bicyclic) bond motifs is 1. The van der Waals surface area contributed by atoms with Crippen LogP contribution in [0.4, 0.5) is 0 Å². The molecular weight excluding hydrogens is 234 g/mol. The molecule has 2 unspecified atom stereocenters. The fraction of sp³-hybridized carbons (Fsp3) is 0.647. The highest BCUT2D eigenvalue weighted by Gasteiger charge is 2.58. The third-order valence-corrected chi connectivity index (χ3v) is 6.04. The summed E-state index contributed by atoms with van der Waals surface area (Å²) in [6.07, 6.45) is 9.50. The second-order valence-electron chi connectivity index (χ2n) is 6.59. The molecule has 2 nitrogen and oxygen atoms in total. The van der Waals surface area contributed by atoms with Crippen LogP contribution in [0.25, 0.3) is 0 Å². The molecule has 1 aliphatic heterocycles. The number of hydrogen-bond acceptors (Lipinski definition) is 2. The maximum Gasteiger partial charge on any atom is 0.119 e. The van der Waals surface area contributed by atoms with Gasteiger partial charge in [-0.1, -0.05) is 18.9 Å². The van der Waals surface area contributed by atoms with Gasteiger partial charge in [0.2, 0.25) is 0 Å².